The van der Waals surface area contributed by atoms with E-state index in [0.29, 0.717) is 0 Å². The van der Waals surface area contributed by atoms with E-state index < -0.39 is 0 Å². The molecule has 0 saturated carbocycles. The number of likely N-dealkylation sites (N-methyl/N-ethyl adjacent to an activating group) is 1. The van der Waals surface area contributed by atoms with E-state index in [1.807, 2.05) is 6.92 Å². The van der Waals surface area contributed by atoms with Crippen molar-refractivity contribution in [2.24, 2.45) is 0 Å². The Bertz CT molecular complexity index is 324. The van der Waals surface area contributed by atoms with Gasteiger partial charge in [-0.3, -0.25) is 0 Å². The fraction of sp³-hybridized carbons (Fsp3) is 0.750. The molecule has 1 heterocycles. The van der Waals surface area contributed by atoms with Crippen molar-refractivity contribution in [1.29, 1.82) is 0 Å². The zero-order valence-corrected chi connectivity index (χ0v) is 12.1. The summed E-state index contributed by atoms with van der Waals surface area (Å²) in [5.74, 6) is 0. The first-order chi connectivity index (χ1) is 8.21. The van der Waals surface area contributed by atoms with Gasteiger partial charge in [-0.1, -0.05) is 25.2 Å². The minimum absolute atomic E-state index is 0.753. The van der Waals surface area contributed by atoms with Crippen LogP contribution in [0.15, 0.2) is 0 Å². The molecule has 0 aromatic carbocycles. The van der Waals surface area contributed by atoms with Crippen LogP contribution in [0.3, 0.4) is 0 Å². The number of ether oxygens (including phenoxy) is 1. The molecule has 1 rings (SSSR count). The van der Waals surface area contributed by atoms with Crippen LogP contribution in [0.5, 0.6) is 5.19 Å². The lowest BCUT2D eigenvalue weighted by molar-refractivity contribution is 0.302. The van der Waals surface area contributed by atoms with Gasteiger partial charge in [0.15, 0.2) is 0 Å². The third-order valence-electron chi connectivity index (χ3n) is 2.83. The van der Waals surface area contributed by atoms with E-state index in [1.165, 1.54) is 4.88 Å². The van der Waals surface area contributed by atoms with Crippen LogP contribution in [0.1, 0.15) is 24.4 Å². The van der Waals surface area contributed by atoms with Crippen LogP contribution >= 0.6 is 11.3 Å². The number of nitrogens with one attached hydrogen (secondary N) is 1. The highest BCUT2D eigenvalue weighted by molar-refractivity contribution is 7.13. The molecule has 0 aliphatic carbocycles. The maximum atomic E-state index is 5.13. The topological polar surface area (TPSA) is 37.4 Å². The lowest BCUT2D eigenvalue weighted by atomic mass is 10.4. The molecule has 0 aliphatic rings. The van der Waals surface area contributed by atoms with Crippen molar-refractivity contribution in [1.82, 2.24) is 15.2 Å². The summed E-state index contributed by atoms with van der Waals surface area (Å²) in [6.45, 7) is 11.7. The third kappa shape index (κ3) is 4.61. The minimum Gasteiger partial charge on any atom is -0.473 e. The highest BCUT2D eigenvalue weighted by Crippen LogP contribution is 2.23. The van der Waals surface area contributed by atoms with Gasteiger partial charge in [-0.2, -0.15) is 0 Å². The standard InChI is InChI=1S/C12H23N3OS/c1-5-15(6-2)8-7-13-9-11-10(3)14-12(16-4)17-11/h13H,5-9H2,1-4H3. The van der Waals surface area contributed by atoms with Gasteiger partial charge in [0.1, 0.15) is 0 Å². The molecule has 0 saturated heterocycles. The Morgan fingerprint density at radius 3 is 2.59 bits per heavy atom. The summed E-state index contributed by atoms with van der Waals surface area (Å²) in [5, 5.41) is 4.21. The molecular formula is C12H23N3OS. The highest BCUT2D eigenvalue weighted by Gasteiger charge is 2.07. The summed E-state index contributed by atoms with van der Waals surface area (Å²) in [7, 11) is 1.66. The summed E-state index contributed by atoms with van der Waals surface area (Å²) in [4.78, 5) is 8.00. The normalized spacial score (nSPS) is 11.1. The zero-order chi connectivity index (χ0) is 12.7. The number of aromatic nitrogens is 1. The van der Waals surface area contributed by atoms with Crippen molar-refractivity contribution in [3.63, 3.8) is 0 Å². The number of thiazole rings is 1. The van der Waals surface area contributed by atoms with Crippen LogP contribution in [-0.2, 0) is 6.54 Å². The van der Waals surface area contributed by atoms with E-state index in [0.717, 1.165) is 43.6 Å². The number of hydrogen-bond donors (Lipinski definition) is 1. The quantitative estimate of drug-likeness (QED) is 0.722. The van der Waals surface area contributed by atoms with Crippen molar-refractivity contribution in [3.8, 4) is 5.19 Å². The molecule has 0 spiro atoms. The van der Waals surface area contributed by atoms with E-state index in [4.69, 9.17) is 4.74 Å². The average Bonchev–Trinajstić information content (AvgIpc) is 2.70. The predicted molar refractivity (Wildman–Crippen MR) is 72.9 cm³/mol. The summed E-state index contributed by atoms with van der Waals surface area (Å²) in [5.41, 5.74) is 1.07. The summed E-state index contributed by atoms with van der Waals surface area (Å²) in [6.07, 6.45) is 0. The lowest BCUT2D eigenvalue weighted by Crippen LogP contribution is -2.31. The van der Waals surface area contributed by atoms with Gasteiger partial charge < -0.3 is 15.0 Å². The van der Waals surface area contributed by atoms with Crippen LogP contribution in [0.25, 0.3) is 0 Å². The number of methoxy groups -OCH3 is 1. The summed E-state index contributed by atoms with van der Waals surface area (Å²) >= 11 is 1.62. The van der Waals surface area contributed by atoms with E-state index >= 15 is 0 Å². The molecular weight excluding hydrogens is 234 g/mol. The predicted octanol–water partition coefficient (Wildman–Crippen LogP) is 1.89. The van der Waals surface area contributed by atoms with Crippen LogP contribution < -0.4 is 10.1 Å². The van der Waals surface area contributed by atoms with Gasteiger partial charge in [0.25, 0.3) is 5.19 Å². The fourth-order valence-corrected chi connectivity index (χ4v) is 2.48. The molecule has 0 radical (unpaired) electrons. The number of rotatable bonds is 8. The van der Waals surface area contributed by atoms with Crippen LogP contribution in [-0.4, -0.2) is 43.2 Å². The molecule has 0 amide bonds. The maximum absolute atomic E-state index is 5.13. The van der Waals surface area contributed by atoms with Crippen molar-refractivity contribution in [2.75, 3.05) is 33.3 Å². The van der Waals surface area contributed by atoms with Gasteiger partial charge in [0.2, 0.25) is 0 Å². The Hall–Kier alpha value is -0.650. The monoisotopic (exact) mass is 257 g/mol. The first-order valence-corrected chi connectivity index (χ1v) is 6.96. The second-order valence-electron chi connectivity index (χ2n) is 3.90. The second kappa shape index (κ2) is 7.63. The summed E-state index contributed by atoms with van der Waals surface area (Å²) in [6, 6.07) is 0. The van der Waals surface area contributed by atoms with E-state index in [-0.39, 0.29) is 0 Å². The second-order valence-corrected chi connectivity index (χ2v) is 4.94. The van der Waals surface area contributed by atoms with Gasteiger partial charge in [0, 0.05) is 24.5 Å². The molecule has 1 aromatic rings. The smallest absolute Gasteiger partial charge is 0.273 e. The Kier molecular flexibility index (Phi) is 6.47. The SMILES string of the molecule is CCN(CC)CCNCc1sc(OC)nc1C. The molecule has 1 aromatic heterocycles. The minimum atomic E-state index is 0.753. The molecule has 0 aliphatic heterocycles. The van der Waals surface area contributed by atoms with Gasteiger partial charge >= 0.3 is 0 Å². The first-order valence-electron chi connectivity index (χ1n) is 6.14. The van der Waals surface area contributed by atoms with Crippen LogP contribution in [0.2, 0.25) is 0 Å². The lowest BCUT2D eigenvalue weighted by Gasteiger charge is -2.17. The molecule has 5 heteroatoms. The third-order valence-corrected chi connectivity index (χ3v) is 3.95. The maximum Gasteiger partial charge on any atom is 0.273 e. The Morgan fingerprint density at radius 1 is 1.35 bits per heavy atom. The van der Waals surface area contributed by atoms with Gasteiger partial charge in [0.05, 0.1) is 12.8 Å². The first kappa shape index (κ1) is 14.4. The molecule has 4 nitrogen and oxygen atoms in total. The van der Waals surface area contributed by atoms with E-state index in [9.17, 15) is 0 Å². The van der Waals surface area contributed by atoms with Crippen LogP contribution in [0, 0.1) is 6.92 Å². The zero-order valence-electron chi connectivity index (χ0n) is 11.2. The van der Waals surface area contributed by atoms with E-state index in [1.54, 1.807) is 18.4 Å². The number of hydrogen-bond acceptors (Lipinski definition) is 5. The van der Waals surface area contributed by atoms with Crippen molar-refractivity contribution >= 4 is 11.3 Å². The van der Waals surface area contributed by atoms with Gasteiger partial charge in [-0.25, -0.2) is 4.98 Å². The highest BCUT2D eigenvalue weighted by atomic mass is 32.1. The Balaban J connectivity index is 2.28. The molecule has 98 valence electrons. The van der Waals surface area contributed by atoms with Crippen molar-refractivity contribution in [2.45, 2.75) is 27.3 Å². The number of aryl methyl sites for hydroxylation is 1. The van der Waals surface area contributed by atoms with E-state index in [2.05, 4.69) is 29.0 Å². The van der Waals surface area contributed by atoms with Gasteiger partial charge in [-0.05, 0) is 20.0 Å². The van der Waals surface area contributed by atoms with Crippen molar-refractivity contribution < 1.29 is 4.74 Å². The largest absolute Gasteiger partial charge is 0.473 e. The molecule has 1 N–H and O–H groups in total. The fourth-order valence-electron chi connectivity index (χ4n) is 1.63. The van der Waals surface area contributed by atoms with Crippen LogP contribution in [0.4, 0.5) is 0 Å². The molecule has 0 atom stereocenters. The number of nitrogens with zero attached hydrogens (tertiary/aromatic N) is 2. The molecule has 0 unspecified atom stereocenters. The Labute approximate surface area is 108 Å². The van der Waals surface area contributed by atoms with Gasteiger partial charge in [-0.15, -0.1) is 0 Å². The molecule has 0 fully saturated rings. The molecule has 17 heavy (non-hydrogen) atoms. The van der Waals surface area contributed by atoms with Crippen molar-refractivity contribution in [3.05, 3.63) is 10.6 Å². The Morgan fingerprint density at radius 2 is 2.06 bits per heavy atom. The average molecular weight is 257 g/mol. The summed E-state index contributed by atoms with van der Waals surface area (Å²) < 4.78 is 5.13. The molecule has 0 bridgehead atoms.